The Morgan fingerprint density at radius 3 is 2.78 bits per heavy atom. The molecule has 0 bridgehead atoms. The van der Waals surface area contributed by atoms with Gasteiger partial charge in [-0.05, 0) is 49.1 Å². The first-order chi connectivity index (χ1) is 15.6. The molecule has 1 aliphatic carbocycles. The number of hydrogen-bond acceptors (Lipinski definition) is 6. The van der Waals surface area contributed by atoms with Crippen molar-refractivity contribution in [2.24, 2.45) is 0 Å². The van der Waals surface area contributed by atoms with Gasteiger partial charge in [-0.3, -0.25) is 0 Å². The van der Waals surface area contributed by atoms with Gasteiger partial charge >= 0.3 is 0 Å². The molecule has 7 heteroatoms. The average molecular weight is 431 g/mol. The summed E-state index contributed by atoms with van der Waals surface area (Å²) in [5.41, 5.74) is 4.88. The molecule has 0 atom stereocenters. The Kier molecular flexibility index (Phi) is 5.55. The summed E-state index contributed by atoms with van der Waals surface area (Å²) in [5, 5.41) is 4.61. The molecule has 32 heavy (non-hydrogen) atoms. The van der Waals surface area contributed by atoms with Crippen molar-refractivity contribution < 1.29 is 4.74 Å². The topological polar surface area (TPSA) is 79.0 Å². The lowest BCUT2D eigenvalue weighted by atomic mass is 9.94. The second-order valence-electron chi connectivity index (χ2n) is 8.67. The van der Waals surface area contributed by atoms with E-state index in [2.05, 4.69) is 46.3 Å². The van der Waals surface area contributed by atoms with Crippen LogP contribution in [0.25, 0.3) is 22.1 Å². The van der Waals surface area contributed by atoms with Gasteiger partial charge in [0.05, 0.1) is 18.8 Å². The third kappa shape index (κ3) is 3.83. The van der Waals surface area contributed by atoms with E-state index in [0.717, 1.165) is 28.4 Å². The van der Waals surface area contributed by atoms with E-state index >= 15 is 0 Å². The van der Waals surface area contributed by atoms with Crippen molar-refractivity contribution in [3.63, 3.8) is 0 Å². The zero-order valence-corrected chi connectivity index (χ0v) is 19.0. The number of aromatic nitrogens is 4. The summed E-state index contributed by atoms with van der Waals surface area (Å²) in [6.07, 6.45) is 10.2. The number of anilines is 2. The summed E-state index contributed by atoms with van der Waals surface area (Å²) in [4.78, 5) is 19.8. The maximum atomic E-state index is 5.49. The van der Waals surface area contributed by atoms with Crippen LogP contribution >= 0.6 is 0 Å². The van der Waals surface area contributed by atoms with E-state index < -0.39 is 0 Å². The molecule has 0 unspecified atom stereocenters. The van der Waals surface area contributed by atoms with E-state index in [9.17, 15) is 0 Å². The van der Waals surface area contributed by atoms with Gasteiger partial charge in [-0.25, -0.2) is 15.0 Å². The van der Waals surface area contributed by atoms with Gasteiger partial charge in [0.1, 0.15) is 22.9 Å². The number of ether oxygens (including phenoxy) is 1. The summed E-state index contributed by atoms with van der Waals surface area (Å²) < 4.78 is 5.49. The quantitative estimate of drug-likeness (QED) is 0.437. The van der Waals surface area contributed by atoms with Crippen LogP contribution in [0.3, 0.4) is 0 Å². The van der Waals surface area contributed by atoms with E-state index in [-0.39, 0.29) is 0 Å². The minimum atomic E-state index is 0.560. The van der Waals surface area contributed by atoms with E-state index in [1.165, 1.54) is 48.6 Å². The standard InChI is InChI=1S/C25H30N6O/c1-16-13-28-24-20(32-3)11-9-17(23(16)24)14-27-21-15-26-19-10-12-22(30-25(19)29-21)31(2)18-7-5-4-6-8-18/h9-13,15,18,28H,4-8,14H2,1-3H3,(H,27,29,30). The molecule has 1 aliphatic rings. The second-order valence-corrected chi connectivity index (χ2v) is 8.67. The van der Waals surface area contributed by atoms with Crippen LogP contribution in [-0.2, 0) is 6.54 Å². The monoisotopic (exact) mass is 430 g/mol. The molecule has 4 aromatic rings. The van der Waals surface area contributed by atoms with Gasteiger partial charge < -0.3 is 19.9 Å². The minimum Gasteiger partial charge on any atom is -0.495 e. The summed E-state index contributed by atoms with van der Waals surface area (Å²) in [7, 11) is 3.84. The summed E-state index contributed by atoms with van der Waals surface area (Å²) in [6.45, 7) is 2.74. The number of aryl methyl sites for hydroxylation is 1. The van der Waals surface area contributed by atoms with Crippen LogP contribution in [0.15, 0.2) is 36.7 Å². The molecule has 0 spiro atoms. The van der Waals surface area contributed by atoms with Gasteiger partial charge in [-0.1, -0.05) is 25.3 Å². The van der Waals surface area contributed by atoms with Crippen molar-refractivity contribution in [1.29, 1.82) is 0 Å². The third-order valence-corrected chi connectivity index (χ3v) is 6.64. The molecule has 0 amide bonds. The smallest absolute Gasteiger partial charge is 0.182 e. The zero-order chi connectivity index (χ0) is 22.1. The molecule has 0 aliphatic heterocycles. The molecule has 166 valence electrons. The van der Waals surface area contributed by atoms with Crippen molar-refractivity contribution in [2.75, 3.05) is 24.4 Å². The van der Waals surface area contributed by atoms with Gasteiger partial charge in [-0.15, -0.1) is 0 Å². The van der Waals surface area contributed by atoms with Gasteiger partial charge in [0.15, 0.2) is 5.65 Å². The van der Waals surface area contributed by atoms with Crippen molar-refractivity contribution in [3.05, 3.63) is 47.8 Å². The normalized spacial score (nSPS) is 14.7. The van der Waals surface area contributed by atoms with E-state index in [1.54, 1.807) is 13.3 Å². The fourth-order valence-corrected chi connectivity index (χ4v) is 4.80. The SMILES string of the molecule is COc1ccc(CNc2cnc3ccc(N(C)C4CCCCC4)nc3n2)c2c(C)c[nH]c12. The lowest BCUT2D eigenvalue weighted by Gasteiger charge is -2.32. The van der Waals surface area contributed by atoms with Crippen LogP contribution in [0.4, 0.5) is 11.6 Å². The van der Waals surface area contributed by atoms with Gasteiger partial charge in [0, 0.05) is 31.2 Å². The predicted molar refractivity (Wildman–Crippen MR) is 130 cm³/mol. The van der Waals surface area contributed by atoms with Crippen molar-refractivity contribution in [1.82, 2.24) is 19.9 Å². The first-order valence-electron chi connectivity index (χ1n) is 11.4. The number of methoxy groups -OCH3 is 1. The molecule has 3 aromatic heterocycles. The fraction of sp³-hybridized carbons (Fsp3) is 0.400. The van der Waals surface area contributed by atoms with Gasteiger partial charge in [0.2, 0.25) is 0 Å². The lowest BCUT2D eigenvalue weighted by molar-refractivity contribution is 0.419. The average Bonchev–Trinajstić information content (AvgIpc) is 3.24. The Hall–Kier alpha value is -3.35. The molecule has 7 nitrogen and oxygen atoms in total. The zero-order valence-electron chi connectivity index (χ0n) is 19.0. The molecule has 1 saturated carbocycles. The number of hydrogen-bond donors (Lipinski definition) is 2. The highest BCUT2D eigenvalue weighted by Crippen LogP contribution is 2.31. The number of nitrogens with zero attached hydrogens (tertiary/aromatic N) is 4. The summed E-state index contributed by atoms with van der Waals surface area (Å²) in [5.74, 6) is 2.54. The van der Waals surface area contributed by atoms with E-state index in [1.807, 2.05) is 18.3 Å². The largest absolute Gasteiger partial charge is 0.495 e. The minimum absolute atomic E-state index is 0.560. The Balaban J connectivity index is 1.38. The molecule has 2 N–H and O–H groups in total. The Labute approximate surface area is 188 Å². The number of rotatable bonds is 6. The van der Waals surface area contributed by atoms with Gasteiger partial charge in [0.25, 0.3) is 0 Å². The van der Waals surface area contributed by atoms with Crippen LogP contribution < -0.4 is 15.0 Å². The van der Waals surface area contributed by atoms with Crippen LogP contribution in [-0.4, -0.2) is 40.1 Å². The summed E-state index contributed by atoms with van der Waals surface area (Å²) >= 11 is 0. The molecule has 3 heterocycles. The first-order valence-corrected chi connectivity index (χ1v) is 11.4. The van der Waals surface area contributed by atoms with Crippen molar-refractivity contribution in [2.45, 2.75) is 51.6 Å². The highest BCUT2D eigenvalue weighted by molar-refractivity contribution is 5.91. The number of pyridine rings is 1. The van der Waals surface area contributed by atoms with Crippen molar-refractivity contribution >= 4 is 33.7 Å². The molecular formula is C25H30N6O. The predicted octanol–water partition coefficient (Wildman–Crippen LogP) is 5.20. The van der Waals surface area contributed by atoms with E-state index in [4.69, 9.17) is 14.7 Å². The van der Waals surface area contributed by atoms with Crippen LogP contribution in [0.5, 0.6) is 5.75 Å². The molecule has 5 rings (SSSR count). The van der Waals surface area contributed by atoms with Crippen LogP contribution in [0, 0.1) is 6.92 Å². The number of H-pyrrole nitrogens is 1. The fourth-order valence-electron chi connectivity index (χ4n) is 4.80. The molecule has 0 radical (unpaired) electrons. The van der Waals surface area contributed by atoms with Crippen molar-refractivity contribution in [3.8, 4) is 5.75 Å². The lowest BCUT2D eigenvalue weighted by Crippen LogP contribution is -2.33. The maximum absolute atomic E-state index is 5.49. The highest BCUT2D eigenvalue weighted by atomic mass is 16.5. The Morgan fingerprint density at radius 2 is 1.97 bits per heavy atom. The molecule has 1 aromatic carbocycles. The number of nitrogens with one attached hydrogen (secondary N) is 2. The Morgan fingerprint density at radius 1 is 1.12 bits per heavy atom. The molecule has 1 fully saturated rings. The number of benzene rings is 1. The van der Waals surface area contributed by atoms with Gasteiger partial charge in [-0.2, -0.15) is 0 Å². The molecule has 0 saturated heterocycles. The first kappa shape index (κ1) is 20.5. The third-order valence-electron chi connectivity index (χ3n) is 6.64. The highest BCUT2D eigenvalue weighted by Gasteiger charge is 2.19. The Bertz CT molecular complexity index is 1240. The summed E-state index contributed by atoms with van der Waals surface area (Å²) in [6, 6.07) is 8.73. The maximum Gasteiger partial charge on any atom is 0.182 e. The van der Waals surface area contributed by atoms with Crippen LogP contribution in [0.2, 0.25) is 0 Å². The number of aromatic amines is 1. The number of fused-ring (bicyclic) bond motifs is 2. The van der Waals surface area contributed by atoms with E-state index in [0.29, 0.717) is 18.2 Å². The van der Waals surface area contributed by atoms with Crippen LogP contribution in [0.1, 0.15) is 43.2 Å². The second kappa shape index (κ2) is 8.65. The molecular weight excluding hydrogens is 400 g/mol.